The van der Waals surface area contributed by atoms with Crippen LogP contribution in [0, 0.1) is 0 Å². The highest BCUT2D eigenvalue weighted by Gasteiger charge is 2.24. The number of rotatable bonds is 5. The lowest BCUT2D eigenvalue weighted by molar-refractivity contribution is 0.167. The summed E-state index contributed by atoms with van der Waals surface area (Å²) in [5, 5.41) is 3.63. The molecule has 5 heteroatoms. The van der Waals surface area contributed by atoms with Crippen molar-refractivity contribution in [2.75, 3.05) is 37.6 Å². The van der Waals surface area contributed by atoms with Crippen molar-refractivity contribution in [1.29, 1.82) is 0 Å². The van der Waals surface area contributed by atoms with Gasteiger partial charge in [-0.15, -0.1) is 0 Å². The first-order valence-corrected chi connectivity index (χ1v) is 8.00. The molecule has 1 N–H and O–H groups in total. The maximum Gasteiger partial charge on any atom is 0.225 e. The van der Waals surface area contributed by atoms with Crippen LogP contribution in [0.5, 0.6) is 0 Å². The molecule has 1 fully saturated rings. The van der Waals surface area contributed by atoms with Crippen molar-refractivity contribution in [2.24, 2.45) is 0 Å². The lowest BCUT2D eigenvalue weighted by Gasteiger charge is -2.40. The highest BCUT2D eigenvalue weighted by Crippen LogP contribution is 2.13. The van der Waals surface area contributed by atoms with Crippen molar-refractivity contribution in [1.82, 2.24) is 20.2 Å². The van der Waals surface area contributed by atoms with E-state index in [1.54, 1.807) is 0 Å². The maximum absolute atomic E-state index is 4.35. The topological polar surface area (TPSA) is 44.3 Å². The number of hydrogen-bond donors (Lipinski definition) is 1. The summed E-state index contributed by atoms with van der Waals surface area (Å²) in [5.74, 6) is 0.859. The van der Waals surface area contributed by atoms with Crippen LogP contribution in [0.25, 0.3) is 0 Å². The second-order valence-corrected chi connectivity index (χ2v) is 6.76. The van der Waals surface area contributed by atoms with Crippen LogP contribution in [0.2, 0.25) is 0 Å². The fourth-order valence-corrected chi connectivity index (χ4v) is 2.70. The van der Waals surface area contributed by atoms with E-state index in [1.165, 1.54) is 6.42 Å². The van der Waals surface area contributed by atoms with Crippen molar-refractivity contribution in [2.45, 2.75) is 45.7 Å². The third kappa shape index (κ3) is 4.93. The number of nitrogens with one attached hydrogen (secondary N) is 1. The molecule has 0 bridgehead atoms. The van der Waals surface area contributed by atoms with Crippen molar-refractivity contribution in [3.05, 3.63) is 18.5 Å². The summed E-state index contributed by atoms with van der Waals surface area (Å²) in [6.07, 6.45) is 4.82. The van der Waals surface area contributed by atoms with Gasteiger partial charge in [-0.1, -0.05) is 6.92 Å². The molecule has 1 aliphatic heterocycles. The van der Waals surface area contributed by atoms with Gasteiger partial charge in [-0.2, -0.15) is 0 Å². The summed E-state index contributed by atoms with van der Waals surface area (Å²) in [6.45, 7) is 14.2. The van der Waals surface area contributed by atoms with Gasteiger partial charge in [0.05, 0.1) is 0 Å². The summed E-state index contributed by atoms with van der Waals surface area (Å²) >= 11 is 0. The van der Waals surface area contributed by atoms with Crippen molar-refractivity contribution in [3.63, 3.8) is 0 Å². The molecule has 1 atom stereocenters. The summed E-state index contributed by atoms with van der Waals surface area (Å²) in [6, 6.07) is 2.48. The fourth-order valence-electron chi connectivity index (χ4n) is 2.70. The van der Waals surface area contributed by atoms with Gasteiger partial charge in [0.1, 0.15) is 0 Å². The lowest BCUT2D eigenvalue weighted by Crippen LogP contribution is -2.54. The van der Waals surface area contributed by atoms with Crippen LogP contribution in [-0.4, -0.2) is 59.2 Å². The van der Waals surface area contributed by atoms with E-state index in [2.05, 4.69) is 52.8 Å². The van der Waals surface area contributed by atoms with Crippen LogP contribution >= 0.6 is 0 Å². The van der Waals surface area contributed by atoms with Crippen molar-refractivity contribution in [3.8, 4) is 0 Å². The maximum atomic E-state index is 4.35. The molecule has 0 spiro atoms. The predicted molar refractivity (Wildman–Crippen MR) is 87.7 cm³/mol. The molecule has 1 aromatic rings. The van der Waals surface area contributed by atoms with Gasteiger partial charge >= 0.3 is 0 Å². The molecule has 0 aliphatic carbocycles. The summed E-state index contributed by atoms with van der Waals surface area (Å²) < 4.78 is 0. The van der Waals surface area contributed by atoms with E-state index < -0.39 is 0 Å². The van der Waals surface area contributed by atoms with E-state index in [4.69, 9.17) is 0 Å². The van der Waals surface area contributed by atoms with Crippen LogP contribution < -0.4 is 10.2 Å². The summed E-state index contributed by atoms with van der Waals surface area (Å²) in [4.78, 5) is 13.6. The number of anilines is 1. The van der Waals surface area contributed by atoms with Crippen LogP contribution in [-0.2, 0) is 0 Å². The molecular formula is C16H29N5. The molecule has 2 heterocycles. The Morgan fingerprint density at radius 2 is 1.76 bits per heavy atom. The highest BCUT2D eigenvalue weighted by molar-refractivity contribution is 5.29. The number of piperazine rings is 1. The van der Waals surface area contributed by atoms with Gasteiger partial charge in [0, 0.05) is 56.7 Å². The Morgan fingerprint density at radius 1 is 1.14 bits per heavy atom. The Balaban J connectivity index is 1.84. The molecular weight excluding hydrogens is 262 g/mol. The molecule has 2 rings (SSSR count). The largest absolute Gasteiger partial charge is 0.338 e. The first kappa shape index (κ1) is 16.2. The predicted octanol–water partition coefficient (Wildman–Crippen LogP) is 1.77. The lowest BCUT2D eigenvalue weighted by atomic mass is 10.1. The molecule has 118 valence electrons. The zero-order valence-corrected chi connectivity index (χ0v) is 13.8. The van der Waals surface area contributed by atoms with Crippen LogP contribution in [0.15, 0.2) is 18.5 Å². The molecule has 21 heavy (non-hydrogen) atoms. The van der Waals surface area contributed by atoms with Gasteiger partial charge in [0.25, 0.3) is 0 Å². The van der Waals surface area contributed by atoms with Gasteiger partial charge in [-0.05, 0) is 33.3 Å². The second kappa shape index (κ2) is 7.18. The molecule has 0 aromatic carbocycles. The Labute approximate surface area is 128 Å². The minimum Gasteiger partial charge on any atom is -0.338 e. The quantitative estimate of drug-likeness (QED) is 0.895. The number of nitrogens with zero attached hydrogens (tertiary/aromatic N) is 4. The average Bonchev–Trinajstić information content (AvgIpc) is 2.48. The minimum atomic E-state index is 0.188. The van der Waals surface area contributed by atoms with Gasteiger partial charge in [-0.25, -0.2) is 9.97 Å². The Kier molecular flexibility index (Phi) is 5.53. The van der Waals surface area contributed by atoms with Gasteiger partial charge in [-0.3, -0.25) is 4.90 Å². The molecule has 1 saturated heterocycles. The summed E-state index contributed by atoms with van der Waals surface area (Å²) in [5.41, 5.74) is 0.188. The molecule has 1 aromatic heterocycles. The van der Waals surface area contributed by atoms with E-state index >= 15 is 0 Å². The second-order valence-electron chi connectivity index (χ2n) is 6.76. The third-order valence-electron chi connectivity index (χ3n) is 4.00. The van der Waals surface area contributed by atoms with Crippen LogP contribution in [0.4, 0.5) is 5.95 Å². The Morgan fingerprint density at radius 3 is 2.29 bits per heavy atom. The van der Waals surface area contributed by atoms with E-state index in [0.29, 0.717) is 6.04 Å². The zero-order chi connectivity index (χ0) is 15.3. The monoisotopic (exact) mass is 291 g/mol. The summed E-state index contributed by atoms with van der Waals surface area (Å²) in [7, 11) is 0. The molecule has 1 unspecified atom stereocenters. The van der Waals surface area contributed by atoms with E-state index in [1.807, 2.05) is 18.5 Å². The van der Waals surface area contributed by atoms with Gasteiger partial charge < -0.3 is 10.2 Å². The van der Waals surface area contributed by atoms with Gasteiger partial charge in [0.2, 0.25) is 5.95 Å². The minimum absolute atomic E-state index is 0.188. The zero-order valence-electron chi connectivity index (χ0n) is 13.8. The third-order valence-corrected chi connectivity index (χ3v) is 4.00. The fraction of sp³-hybridized carbons (Fsp3) is 0.750. The van der Waals surface area contributed by atoms with E-state index in [0.717, 1.165) is 38.7 Å². The van der Waals surface area contributed by atoms with E-state index in [9.17, 15) is 0 Å². The van der Waals surface area contributed by atoms with Crippen LogP contribution in [0.1, 0.15) is 34.1 Å². The Hall–Kier alpha value is -1.20. The molecule has 5 nitrogen and oxygen atoms in total. The van der Waals surface area contributed by atoms with Gasteiger partial charge in [0.15, 0.2) is 0 Å². The van der Waals surface area contributed by atoms with Crippen molar-refractivity contribution < 1.29 is 0 Å². The molecule has 0 saturated carbocycles. The average molecular weight is 291 g/mol. The molecule has 0 amide bonds. The first-order valence-electron chi connectivity index (χ1n) is 8.00. The van der Waals surface area contributed by atoms with Crippen molar-refractivity contribution >= 4 is 5.95 Å². The highest BCUT2D eigenvalue weighted by atomic mass is 15.3. The molecule has 0 radical (unpaired) electrons. The van der Waals surface area contributed by atoms with E-state index in [-0.39, 0.29) is 5.54 Å². The number of hydrogen-bond acceptors (Lipinski definition) is 5. The molecule has 1 aliphatic rings. The Bertz CT molecular complexity index is 406. The normalized spacial score (nSPS) is 18.8. The standard InChI is InChI=1S/C16H29N5/c1-5-14(13-19-16(2,3)4)20-9-11-21(12-10-20)15-17-7-6-8-18-15/h6-8,14,19H,5,9-13H2,1-4H3. The first-order chi connectivity index (χ1) is 9.99. The smallest absolute Gasteiger partial charge is 0.225 e. The van der Waals surface area contributed by atoms with Crippen LogP contribution in [0.3, 0.4) is 0 Å². The SMILES string of the molecule is CCC(CNC(C)(C)C)N1CCN(c2ncccn2)CC1. The number of aromatic nitrogens is 2.